The van der Waals surface area contributed by atoms with E-state index in [1.165, 1.54) is 0 Å². The summed E-state index contributed by atoms with van der Waals surface area (Å²) in [6, 6.07) is 7.80. The number of rotatable bonds is 5. The summed E-state index contributed by atoms with van der Waals surface area (Å²) >= 11 is 0. The van der Waals surface area contributed by atoms with E-state index < -0.39 is 0 Å². The van der Waals surface area contributed by atoms with Gasteiger partial charge in [-0.2, -0.15) is 0 Å². The van der Waals surface area contributed by atoms with Crippen LogP contribution in [0.3, 0.4) is 0 Å². The molecule has 5 heteroatoms. The number of likely N-dealkylation sites (tertiary alicyclic amines) is 1. The fourth-order valence-corrected chi connectivity index (χ4v) is 4.38. The lowest BCUT2D eigenvalue weighted by molar-refractivity contribution is -0.130. The molecule has 25 heavy (non-hydrogen) atoms. The van der Waals surface area contributed by atoms with Gasteiger partial charge in [-0.15, -0.1) is 0 Å². The van der Waals surface area contributed by atoms with Crippen LogP contribution in [0.2, 0.25) is 0 Å². The molecule has 0 aliphatic carbocycles. The van der Waals surface area contributed by atoms with Crippen LogP contribution in [-0.4, -0.2) is 69.8 Å². The highest BCUT2D eigenvalue weighted by Gasteiger charge is 2.48. The van der Waals surface area contributed by atoms with Crippen LogP contribution in [0.1, 0.15) is 18.4 Å². The minimum Gasteiger partial charge on any atom is -0.496 e. The highest BCUT2D eigenvalue weighted by Crippen LogP contribution is 2.44. The molecule has 2 fully saturated rings. The van der Waals surface area contributed by atoms with E-state index >= 15 is 0 Å². The first kappa shape index (κ1) is 18.2. The maximum absolute atomic E-state index is 13.0. The van der Waals surface area contributed by atoms with Crippen LogP contribution in [0.15, 0.2) is 24.3 Å². The zero-order valence-corrected chi connectivity index (χ0v) is 15.7. The van der Waals surface area contributed by atoms with Gasteiger partial charge in [-0.05, 0) is 44.3 Å². The largest absolute Gasteiger partial charge is 0.496 e. The molecular formula is C20H30N2O3. The Kier molecular flexibility index (Phi) is 5.64. The topological polar surface area (TPSA) is 42.0 Å². The lowest BCUT2D eigenvalue weighted by Crippen LogP contribution is -2.41. The molecule has 2 aliphatic rings. The number of hydrogen-bond donors (Lipinski definition) is 0. The molecule has 5 nitrogen and oxygen atoms in total. The van der Waals surface area contributed by atoms with Crippen molar-refractivity contribution in [2.45, 2.75) is 19.3 Å². The highest BCUT2D eigenvalue weighted by atomic mass is 16.5. The van der Waals surface area contributed by atoms with E-state index in [9.17, 15) is 4.79 Å². The summed E-state index contributed by atoms with van der Waals surface area (Å²) in [5, 5.41) is 0. The third-order valence-electron chi connectivity index (χ3n) is 5.77. The quantitative estimate of drug-likeness (QED) is 0.818. The smallest absolute Gasteiger partial charge is 0.227 e. The molecule has 1 atom stereocenters. The third kappa shape index (κ3) is 3.98. The van der Waals surface area contributed by atoms with E-state index in [1.54, 1.807) is 7.11 Å². The average molecular weight is 346 g/mol. The monoisotopic (exact) mass is 346 g/mol. The summed E-state index contributed by atoms with van der Waals surface area (Å²) in [6.07, 6.45) is 2.53. The van der Waals surface area contributed by atoms with Gasteiger partial charge < -0.3 is 19.3 Å². The van der Waals surface area contributed by atoms with Crippen molar-refractivity contribution in [1.29, 1.82) is 0 Å². The summed E-state index contributed by atoms with van der Waals surface area (Å²) in [6.45, 7) is 4.38. The van der Waals surface area contributed by atoms with Crippen LogP contribution in [0.25, 0.3) is 0 Å². The fraction of sp³-hybridized carbons (Fsp3) is 0.650. The minimum atomic E-state index is 0.205. The maximum atomic E-state index is 13.0. The van der Waals surface area contributed by atoms with Gasteiger partial charge in [0.15, 0.2) is 0 Å². The summed E-state index contributed by atoms with van der Waals surface area (Å²) in [5.41, 5.74) is 1.19. The molecule has 0 bridgehead atoms. The van der Waals surface area contributed by atoms with Gasteiger partial charge in [-0.1, -0.05) is 18.2 Å². The lowest BCUT2D eigenvalue weighted by atomic mass is 9.72. The maximum Gasteiger partial charge on any atom is 0.227 e. The summed E-state index contributed by atoms with van der Waals surface area (Å²) < 4.78 is 11.0. The third-order valence-corrected chi connectivity index (χ3v) is 5.77. The Morgan fingerprint density at radius 3 is 2.72 bits per heavy atom. The minimum absolute atomic E-state index is 0.205. The molecule has 2 saturated heterocycles. The number of carbonyl (C=O) groups is 1. The molecule has 2 aliphatic heterocycles. The van der Waals surface area contributed by atoms with E-state index in [0.29, 0.717) is 12.3 Å². The highest BCUT2D eigenvalue weighted by molar-refractivity contribution is 5.80. The first-order chi connectivity index (χ1) is 12.0. The molecule has 1 aromatic carbocycles. The zero-order chi connectivity index (χ0) is 17.9. The number of ether oxygens (including phenoxy) is 2. The number of benzene rings is 1. The van der Waals surface area contributed by atoms with Gasteiger partial charge in [0.2, 0.25) is 5.91 Å². The van der Waals surface area contributed by atoms with Gasteiger partial charge in [0.25, 0.3) is 0 Å². The summed E-state index contributed by atoms with van der Waals surface area (Å²) in [4.78, 5) is 17.3. The Hall–Kier alpha value is -1.59. The van der Waals surface area contributed by atoms with Crippen LogP contribution >= 0.6 is 0 Å². The number of nitrogens with zero attached hydrogens (tertiary/aromatic N) is 2. The van der Waals surface area contributed by atoms with Crippen LogP contribution in [0.5, 0.6) is 5.75 Å². The second kappa shape index (κ2) is 7.75. The van der Waals surface area contributed by atoms with Crippen LogP contribution in [0.4, 0.5) is 0 Å². The van der Waals surface area contributed by atoms with Crippen molar-refractivity contribution in [3.05, 3.63) is 29.8 Å². The zero-order valence-electron chi connectivity index (χ0n) is 15.7. The van der Waals surface area contributed by atoms with Crippen molar-refractivity contribution in [2.75, 3.05) is 54.1 Å². The molecular weight excluding hydrogens is 316 g/mol. The SMILES string of the molecule is COc1ccccc1CC(=O)N1C[C@H](CN(C)C)C2(CCOCC2)C1. The van der Waals surface area contributed by atoms with Gasteiger partial charge in [0, 0.05) is 38.4 Å². The van der Waals surface area contributed by atoms with Crippen molar-refractivity contribution in [3.63, 3.8) is 0 Å². The van der Waals surface area contributed by atoms with E-state index in [4.69, 9.17) is 9.47 Å². The molecule has 2 heterocycles. The summed E-state index contributed by atoms with van der Waals surface area (Å²) in [7, 11) is 5.89. The molecule has 1 amide bonds. The lowest BCUT2D eigenvalue weighted by Gasteiger charge is -2.38. The van der Waals surface area contributed by atoms with Gasteiger partial charge in [0.1, 0.15) is 5.75 Å². The fourth-order valence-electron chi connectivity index (χ4n) is 4.38. The molecule has 138 valence electrons. The van der Waals surface area contributed by atoms with Gasteiger partial charge in [-0.3, -0.25) is 4.79 Å². The van der Waals surface area contributed by atoms with Crippen LogP contribution in [0, 0.1) is 11.3 Å². The number of para-hydroxylation sites is 1. The Balaban J connectivity index is 1.72. The van der Waals surface area contributed by atoms with Gasteiger partial charge in [0.05, 0.1) is 13.5 Å². The Morgan fingerprint density at radius 2 is 2.04 bits per heavy atom. The Bertz CT molecular complexity index is 596. The van der Waals surface area contributed by atoms with Crippen molar-refractivity contribution >= 4 is 5.91 Å². The predicted molar refractivity (Wildman–Crippen MR) is 97.8 cm³/mol. The van der Waals surface area contributed by atoms with Crippen molar-refractivity contribution in [3.8, 4) is 5.75 Å². The number of hydrogen-bond acceptors (Lipinski definition) is 4. The van der Waals surface area contributed by atoms with Gasteiger partial charge >= 0.3 is 0 Å². The molecule has 0 radical (unpaired) electrons. The van der Waals surface area contributed by atoms with Crippen molar-refractivity contribution < 1.29 is 14.3 Å². The first-order valence-corrected chi connectivity index (χ1v) is 9.16. The number of amides is 1. The van der Waals surface area contributed by atoms with Crippen LogP contribution in [-0.2, 0) is 16.0 Å². The summed E-state index contributed by atoms with van der Waals surface area (Å²) in [5.74, 6) is 1.52. The first-order valence-electron chi connectivity index (χ1n) is 9.16. The van der Waals surface area contributed by atoms with Crippen LogP contribution < -0.4 is 4.74 Å². The van der Waals surface area contributed by atoms with E-state index in [1.807, 2.05) is 24.3 Å². The van der Waals surface area contributed by atoms with E-state index in [2.05, 4.69) is 23.9 Å². The van der Waals surface area contributed by atoms with Gasteiger partial charge in [-0.25, -0.2) is 0 Å². The molecule has 0 N–H and O–H groups in total. The second-order valence-electron chi connectivity index (χ2n) is 7.70. The van der Waals surface area contributed by atoms with Crippen molar-refractivity contribution in [1.82, 2.24) is 9.80 Å². The predicted octanol–water partition coefficient (Wildman–Crippen LogP) is 2.05. The number of methoxy groups -OCH3 is 1. The Labute approximate surface area is 150 Å². The Morgan fingerprint density at radius 1 is 1.32 bits per heavy atom. The molecule has 0 aromatic heterocycles. The van der Waals surface area contributed by atoms with Crippen molar-refractivity contribution in [2.24, 2.45) is 11.3 Å². The average Bonchev–Trinajstić information content (AvgIpc) is 2.93. The van der Waals surface area contributed by atoms with E-state index in [0.717, 1.165) is 57.0 Å². The normalized spacial score (nSPS) is 22.6. The molecule has 1 spiro atoms. The molecule has 1 aromatic rings. The van der Waals surface area contributed by atoms with E-state index in [-0.39, 0.29) is 11.3 Å². The molecule has 0 saturated carbocycles. The molecule has 3 rings (SSSR count). The number of carbonyl (C=O) groups excluding carboxylic acids is 1. The standard InChI is InChI=1S/C20H30N2O3/c1-21(2)13-17-14-22(15-20(17)8-10-25-11-9-20)19(23)12-16-6-4-5-7-18(16)24-3/h4-7,17H,8-15H2,1-3H3/t17-/m0/s1. The molecule has 0 unspecified atom stereocenters. The second-order valence-corrected chi connectivity index (χ2v) is 7.70.